The van der Waals surface area contributed by atoms with E-state index >= 15 is 0 Å². The van der Waals surface area contributed by atoms with Crippen LogP contribution in [-0.4, -0.2) is 4.57 Å². The van der Waals surface area contributed by atoms with Gasteiger partial charge in [0.1, 0.15) is 11.0 Å². The molecular weight excluding hydrogens is 316 g/mol. The summed E-state index contributed by atoms with van der Waals surface area (Å²) in [6, 6.07) is 17.8. The second-order valence-electron chi connectivity index (χ2n) is 8.39. The van der Waals surface area contributed by atoms with Gasteiger partial charge < -0.3 is 0 Å². The van der Waals surface area contributed by atoms with Crippen LogP contribution in [0.5, 0.6) is 0 Å². The van der Waals surface area contributed by atoms with E-state index in [4.69, 9.17) is 0 Å². The topological polar surface area (TPSA) is 8.81 Å². The zero-order chi connectivity index (χ0) is 18.6. The van der Waals surface area contributed by atoms with Crippen molar-refractivity contribution in [2.75, 3.05) is 0 Å². The minimum absolute atomic E-state index is 0.118. The van der Waals surface area contributed by atoms with Crippen molar-refractivity contribution in [1.29, 1.82) is 0 Å². The number of fused-ring (bicyclic) bond motifs is 3. The molecule has 0 aliphatic rings. The number of para-hydroxylation sites is 1. The number of hydrogen-bond donors (Lipinski definition) is 0. The normalized spacial score (nSPS) is 12.2. The van der Waals surface area contributed by atoms with E-state index in [0.717, 1.165) is 0 Å². The average molecular weight is 343 g/mol. The Labute approximate surface area is 155 Å². The Balaban J connectivity index is 2.19. The molecule has 132 valence electrons. The molecule has 2 aromatic heterocycles. The van der Waals surface area contributed by atoms with Crippen LogP contribution < -0.4 is 4.57 Å². The summed E-state index contributed by atoms with van der Waals surface area (Å²) in [5.74, 6) is 1.21. The molecule has 0 saturated carbocycles. The molecule has 0 aliphatic heterocycles. The third-order valence-electron chi connectivity index (χ3n) is 5.58. The predicted octanol–water partition coefficient (Wildman–Crippen LogP) is 5.52. The Bertz CT molecular complexity index is 1140. The van der Waals surface area contributed by atoms with Crippen molar-refractivity contribution in [3.63, 3.8) is 0 Å². The van der Waals surface area contributed by atoms with Crippen molar-refractivity contribution in [3.05, 3.63) is 71.4 Å². The van der Waals surface area contributed by atoms with Crippen LogP contribution in [0.15, 0.2) is 54.7 Å². The van der Waals surface area contributed by atoms with Crippen LogP contribution in [0.25, 0.3) is 27.6 Å². The van der Waals surface area contributed by atoms with Gasteiger partial charge in [-0.3, -0.25) is 0 Å². The Hall–Kier alpha value is -2.61. The highest BCUT2D eigenvalue weighted by atomic mass is 15.1. The summed E-state index contributed by atoms with van der Waals surface area (Å²) >= 11 is 0. The van der Waals surface area contributed by atoms with E-state index in [-0.39, 0.29) is 5.41 Å². The molecule has 2 aromatic carbocycles. The van der Waals surface area contributed by atoms with Crippen LogP contribution in [0.3, 0.4) is 0 Å². The van der Waals surface area contributed by atoms with Crippen LogP contribution in [0, 0.1) is 13.8 Å². The number of hydrogen-bond acceptors (Lipinski definition) is 0. The minimum atomic E-state index is 0.118. The predicted molar refractivity (Wildman–Crippen MR) is 110 cm³/mol. The molecule has 2 heteroatoms. The summed E-state index contributed by atoms with van der Waals surface area (Å²) in [5.41, 5.74) is 6.72. The van der Waals surface area contributed by atoms with Crippen molar-refractivity contribution in [2.24, 2.45) is 7.05 Å². The fraction of sp³-hybridized carbons (Fsp3) is 0.292. The molecule has 4 aromatic rings. The summed E-state index contributed by atoms with van der Waals surface area (Å²) in [4.78, 5) is 0. The summed E-state index contributed by atoms with van der Waals surface area (Å²) in [6.45, 7) is 11.2. The number of pyridine rings is 1. The van der Waals surface area contributed by atoms with Gasteiger partial charge >= 0.3 is 0 Å². The molecule has 0 N–H and O–H groups in total. The van der Waals surface area contributed by atoms with Crippen LogP contribution in [0.2, 0.25) is 0 Å². The van der Waals surface area contributed by atoms with Crippen molar-refractivity contribution in [3.8, 4) is 5.82 Å². The maximum atomic E-state index is 2.43. The number of aromatic nitrogens is 2. The lowest BCUT2D eigenvalue weighted by Crippen LogP contribution is -2.34. The zero-order valence-corrected chi connectivity index (χ0v) is 16.6. The van der Waals surface area contributed by atoms with Crippen molar-refractivity contribution in [1.82, 2.24) is 4.57 Å². The first-order valence-corrected chi connectivity index (χ1v) is 9.29. The number of nitrogens with zero attached hydrogens (tertiary/aromatic N) is 2. The molecule has 0 atom stereocenters. The number of rotatable bonds is 1. The van der Waals surface area contributed by atoms with E-state index in [1.54, 1.807) is 0 Å². The molecular formula is C24H27N2+. The van der Waals surface area contributed by atoms with Gasteiger partial charge in [-0.2, -0.15) is 4.57 Å². The molecule has 0 spiro atoms. The lowest BCUT2D eigenvalue weighted by atomic mass is 9.88. The smallest absolute Gasteiger partial charge is 0.237 e. The highest BCUT2D eigenvalue weighted by molar-refractivity contribution is 6.10. The van der Waals surface area contributed by atoms with E-state index in [9.17, 15) is 0 Å². The standard InChI is InChI=1S/C24H27N2/c1-16-11-12-20-19-9-7-8-10-21(19)26(23(20)17(16)2)22-15-18(24(3,4)5)13-14-25(22)6/h7-15H,1-6H3/q+1. The van der Waals surface area contributed by atoms with Gasteiger partial charge in [0.2, 0.25) is 0 Å². The molecule has 0 fully saturated rings. The molecule has 0 aliphatic carbocycles. The third-order valence-corrected chi connectivity index (χ3v) is 5.58. The first kappa shape index (κ1) is 16.8. The van der Waals surface area contributed by atoms with E-state index < -0.39 is 0 Å². The van der Waals surface area contributed by atoms with Gasteiger partial charge in [0.15, 0.2) is 0 Å². The molecule has 0 bridgehead atoms. The second-order valence-corrected chi connectivity index (χ2v) is 8.39. The molecule has 0 amide bonds. The van der Waals surface area contributed by atoms with Gasteiger partial charge in [-0.15, -0.1) is 0 Å². The molecule has 0 saturated heterocycles. The van der Waals surface area contributed by atoms with Gasteiger partial charge in [-0.25, -0.2) is 4.57 Å². The van der Waals surface area contributed by atoms with Gasteiger partial charge in [0, 0.05) is 16.8 Å². The van der Waals surface area contributed by atoms with Gasteiger partial charge in [-0.1, -0.05) is 39.0 Å². The maximum Gasteiger partial charge on any atom is 0.286 e. The van der Waals surface area contributed by atoms with E-state index in [2.05, 4.69) is 106 Å². The zero-order valence-electron chi connectivity index (χ0n) is 16.6. The highest BCUT2D eigenvalue weighted by Crippen LogP contribution is 2.34. The SMILES string of the molecule is Cc1ccc2c3ccccc3n(-c3cc(C(C)(C)C)cc[n+]3C)c2c1C. The fourth-order valence-corrected chi connectivity index (χ4v) is 3.81. The molecule has 2 nitrogen and oxygen atoms in total. The van der Waals surface area contributed by atoms with Gasteiger partial charge in [0.05, 0.1) is 13.2 Å². The van der Waals surface area contributed by atoms with E-state index in [1.165, 1.54) is 44.3 Å². The monoisotopic (exact) mass is 343 g/mol. The van der Waals surface area contributed by atoms with Crippen molar-refractivity contribution in [2.45, 2.75) is 40.0 Å². The average Bonchev–Trinajstić information content (AvgIpc) is 2.93. The van der Waals surface area contributed by atoms with Crippen LogP contribution in [-0.2, 0) is 12.5 Å². The van der Waals surface area contributed by atoms with E-state index in [1.807, 2.05) is 0 Å². The highest BCUT2D eigenvalue weighted by Gasteiger charge is 2.25. The molecule has 26 heavy (non-hydrogen) atoms. The summed E-state index contributed by atoms with van der Waals surface area (Å²) in [7, 11) is 2.13. The minimum Gasteiger partial charge on any atom is -0.237 e. The number of aryl methyl sites for hydroxylation is 3. The molecule has 2 heterocycles. The Morgan fingerprint density at radius 3 is 2.35 bits per heavy atom. The van der Waals surface area contributed by atoms with Crippen LogP contribution in [0.4, 0.5) is 0 Å². The molecule has 4 rings (SSSR count). The first-order valence-electron chi connectivity index (χ1n) is 9.29. The van der Waals surface area contributed by atoms with Gasteiger partial charge in [0.25, 0.3) is 5.82 Å². The quantitative estimate of drug-likeness (QED) is 0.402. The summed E-state index contributed by atoms with van der Waals surface area (Å²) in [6.07, 6.45) is 2.18. The third kappa shape index (κ3) is 2.44. The Morgan fingerprint density at radius 2 is 1.62 bits per heavy atom. The van der Waals surface area contributed by atoms with Crippen LogP contribution >= 0.6 is 0 Å². The summed E-state index contributed by atoms with van der Waals surface area (Å²) < 4.78 is 4.66. The van der Waals surface area contributed by atoms with Crippen molar-refractivity contribution >= 4 is 21.8 Å². The number of benzene rings is 2. The molecule has 0 unspecified atom stereocenters. The molecule has 0 radical (unpaired) electrons. The van der Waals surface area contributed by atoms with Gasteiger partial charge in [-0.05, 0) is 60.2 Å². The van der Waals surface area contributed by atoms with Crippen molar-refractivity contribution < 1.29 is 4.57 Å². The Morgan fingerprint density at radius 1 is 0.885 bits per heavy atom. The second kappa shape index (κ2) is 5.70. The Kier molecular flexibility index (Phi) is 3.69. The largest absolute Gasteiger partial charge is 0.286 e. The maximum absolute atomic E-state index is 2.43. The lowest BCUT2D eigenvalue weighted by Gasteiger charge is -2.19. The first-order chi connectivity index (χ1) is 12.3. The fourth-order valence-electron chi connectivity index (χ4n) is 3.81. The van der Waals surface area contributed by atoms with Crippen LogP contribution in [0.1, 0.15) is 37.5 Å². The van der Waals surface area contributed by atoms with E-state index in [0.29, 0.717) is 0 Å². The summed E-state index contributed by atoms with van der Waals surface area (Å²) in [5, 5.41) is 2.64. The lowest BCUT2D eigenvalue weighted by molar-refractivity contribution is -0.665.